The van der Waals surface area contributed by atoms with Crippen LogP contribution in [-0.2, 0) is 4.74 Å². The summed E-state index contributed by atoms with van der Waals surface area (Å²) in [4.78, 5) is 0. The van der Waals surface area contributed by atoms with E-state index in [0.717, 1.165) is 28.4 Å². The highest BCUT2D eigenvalue weighted by Crippen LogP contribution is 2.29. The van der Waals surface area contributed by atoms with E-state index < -0.39 is 0 Å². The molecule has 0 fully saturated rings. The molecule has 0 saturated carbocycles. The van der Waals surface area contributed by atoms with Gasteiger partial charge in [-0.2, -0.15) is 0 Å². The number of benzene rings is 2. The SMILES string of the molecule is CCOCCOc1cc(-c2ccc(OCCN)cc2)n(-c2ccc(OC)cc2)n1.Cl. The first-order valence-corrected chi connectivity index (χ1v) is 9.63. The van der Waals surface area contributed by atoms with Crippen molar-refractivity contribution in [1.29, 1.82) is 0 Å². The van der Waals surface area contributed by atoms with Crippen LogP contribution in [0.4, 0.5) is 0 Å². The fraction of sp³-hybridized carbons (Fsp3) is 0.318. The summed E-state index contributed by atoms with van der Waals surface area (Å²) in [7, 11) is 1.65. The molecule has 0 amide bonds. The summed E-state index contributed by atoms with van der Waals surface area (Å²) >= 11 is 0. The summed E-state index contributed by atoms with van der Waals surface area (Å²) in [6.45, 7) is 4.55. The highest BCUT2D eigenvalue weighted by atomic mass is 35.5. The predicted octanol–water partition coefficient (Wildman–Crippen LogP) is 3.72. The third-order valence-corrected chi connectivity index (χ3v) is 4.22. The minimum absolute atomic E-state index is 0. The Morgan fingerprint density at radius 2 is 1.60 bits per heavy atom. The van der Waals surface area contributed by atoms with Crippen molar-refractivity contribution in [2.75, 3.05) is 40.1 Å². The number of nitrogens with two attached hydrogens (primary N) is 1. The molecule has 30 heavy (non-hydrogen) atoms. The molecule has 8 heteroatoms. The molecule has 0 unspecified atom stereocenters. The van der Waals surface area contributed by atoms with Gasteiger partial charge < -0.3 is 24.7 Å². The van der Waals surface area contributed by atoms with Crippen LogP contribution in [0.1, 0.15) is 6.92 Å². The Bertz CT molecular complexity index is 882. The largest absolute Gasteiger partial charge is 0.497 e. The van der Waals surface area contributed by atoms with E-state index in [2.05, 4.69) is 5.10 Å². The first kappa shape index (κ1) is 23.5. The Hall–Kier alpha value is -2.74. The monoisotopic (exact) mass is 433 g/mol. The maximum atomic E-state index is 5.77. The first-order valence-electron chi connectivity index (χ1n) is 9.63. The maximum Gasteiger partial charge on any atom is 0.233 e. The standard InChI is InChI=1S/C22H27N3O4.ClH/c1-3-27-14-15-29-22-16-21(17-4-8-20(9-5-17)28-13-12-23)25(24-22)18-6-10-19(26-2)11-7-18;/h4-11,16H,3,12-15,23H2,1-2H3;1H. The molecule has 3 aromatic rings. The number of methoxy groups -OCH3 is 1. The van der Waals surface area contributed by atoms with Gasteiger partial charge >= 0.3 is 0 Å². The molecule has 2 N–H and O–H groups in total. The number of hydrogen-bond donors (Lipinski definition) is 1. The Kier molecular flexibility index (Phi) is 9.47. The minimum Gasteiger partial charge on any atom is -0.497 e. The van der Waals surface area contributed by atoms with E-state index in [0.29, 0.717) is 38.9 Å². The molecule has 2 aromatic carbocycles. The maximum absolute atomic E-state index is 5.77. The molecule has 1 aromatic heterocycles. The van der Waals surface area contributed by atoms with Crippen molar-refractivity contribution in [2.24, 2.45) is 5.73 Å². The summed E-state index contributed by atoms with van der Waals surface area (Å²) in [5.41, 5.74) is 8.30. The predicted molar refractivity (Wildman–Crippen MR) is 119 cm³/mol. The molecule has 3 rings (SSSR count). The van der Waals surface area contributed by atoms with Crippen LogP contribution < -0.4 is 19.9 Å². The first-order chi connectivity index (χ1) is 14.2. The zero-order valence-corrected chi connectivity index (χ0v) is 18.1. The second-order valence-electron chi connectivity index (χ2n) is 6.18. The van der Waals surface area contributed by atoms with Gasteiger partial charge in [0.25, 0.3) is 0 Å². The minimum atomic E-state index is 0. The number of aromatic nitrogens is 2. The molecule has 0 radical (unpaired) electrons. The van der Waals surface area contributed by atoms with Crippen LogP contribution in [0.15, 0.2) is 54.6 Å². The molecular weight excluding hydrogens is 406 g/mol. The van der Waals surface area contributed by atoms with Gasteiger partial charge in [0.1, 0.15) is 24.7 Å². The van der Waals surface area contributed by atoms with Crippen LogP contribution in [0, 0.1) is 0 Å². The van der Waals surface area contributed by atoms with Gasteiger partial charge in [0.15, 0.2) is 0 Å². The molecule has 1 heterocycles. The average molecular weight is 434 g/mol. The van der Waals surface area contributed by atoms with Crippen LogP contribution in [0.25, 0.3) is 16.9 Å². The average Bonchev–Trinajstić information content (AvgIpc) is 3.20. The Morgan fingerprint density at radius 3 is 2.23 bits per heavy atom. The highest BCUT2D eigenvalue weighted by molar-refractivity contribution is 5.85. The van der Waals surface area contributed by atoms with E-state index in [9.17, 15) is 0 Å². The van der Waals surface area contributed by atoms with Crippen LogP contribution in [0.3, 0.4) is 0 Å². The topological polar surface area (TPSA) is 80.8 Å². The molecule has 0 aliphatic carbocycles. The summed E-state index contributed by atoms with van der Waals surface area (Å²) in [5.74, 6) is 2.11. The molecule has 0 bridgehead atoms. The van der Waals surface area contributed by atoms with Gasteiger partial charge in [-0.3, -0.25) is 0 Å². The summed E-state index contributed by atoms with van der Waals surface area (Å²) in [6, 6.07) is 17.5. The van der Waals surface area contributed by atoms with Crippen molar-refractivity contribution < 1.29 is 18.9 Å². The molecule has 0 spiro atoms. The van der Waals surface area contributed by atoms with Gasteiger partial charge in [-0.25, -0.2) is 4.68 Å². The lowest BCUT2D eigenvalue weighted by Gasteiger charge is -2.09. The lowest BCUT2D eigenvalue weighted by molar-refractivity contribution is 0.108. The van der Waals surface area contributed by atoms with Crippen LogP contribution in [0.2, 0.25) is 0 Å². The number of nitrogens with zero attached hydrogens (tertiary/aromatic N) is 2. The second-order valence-corrected chi connectivity index (χ2v) is 6.18. The van der Waals surface area contributed by atoms with E-state index in [1.54, 1.807) is 7.11 Å². The van der Waals surface area contributed by atoms with Gasteiger partial charge in [-0.1, -0.05) is 0 Å². The smallest absolute Gasteiger partial charge is 0.233 e. The van der Waals surface area contributed by atoms with E-state index in [1.807, 2.05) is 66.2 Å². The molecular formula is C22H28ClN3O4. The van der Waals surface area contributed by atoms with Gasteiger partial charge in [-0.15, -0.1) is 17.5 Å². The van der Waals surface area contributed by atoms with Crippen molar-refractivity contribution in [3.8, 4) is 34.3 Å². The van der Waals surface area contributed by atoms with Gasteiger partial charge in [-0.05, 0) is 55.5 Å². The van der Waals surface area contributed by atoms with Gasteiger partial charge in [0.2, 0.25) is 5.88 Å². The van der Waals surface area contributed by atoms with E-state index in [1.165, 1.54) is 0 Å². The number of ether oxygens (including phenoxy) is 4. The quantitative estimate of drug-likeness (QED) is 0.464. The van der Waals surface area contributed by atoms with Crippen LogP contribution >= 0.6 is 12.4 Å². The van der Waals surface area contributed by atoms with Crippen molar-refractivity contribution in [1.82, 2.24) is 9.78 Å². The highest BCUT2D eigenvalue weighted by Gasteiger charge is 2.13. The lowest BCUT2D eigenvalue weighted by Crippen LogP contribution is -2.10. The van der Waals surface area contributed by atoms with Crippen LogP contribution in [0.5, 0.6) is 17.4 Å². The van der Waals surface area contributed by atoms with Crippen molar-refractivity contribution >= 4 is 12.4 Å². The Labute approximate surface area is 183 Å². The van der Waals surface area contributed by atoms with Crippen molar-refractivity contribution in [2.45, 2.75) is 6.92 Å². The molecule has 0 aliphatic rings. The van der Waals surface area contributed by atoms with Crippen molar-refractivity contribution in [3.63, 3.8) is 0 Å². The molecule has 0 aliphatic heterocycles. The Balaban J connectivity index is 0.00000320. The van der Waals surface area contributed by atoms with Gasteiger partial charge in [0.05, 0.1) is 25.1 Å². The lowest BCUT2D eigenvalue weighted by atomic mass is 10.1. The normalized spacial score (nSPS) is 10.4. The summed E-state index contributed by atoms with van der Waals surface area (Å²) in [5, 5.41) is 4.63. The fourth-order valence-electron chi connectivity index (χ4n) is 2.80. The molecule has 0 saturated heterocycles. The third kappa shape index (κ3) is 6.13. The molecule has 162 valence electrons. The zero-order valence-electron chi connectivity index (χ0n) is 17.2. The molecule has 0 atom stereocenters. The zero-order chi connectivity index (χ0) is 20.5. The molecule has 7 nitrogen and oxygen atoms in total. The Morgan fingerprint density at radius 1 is 0.900 bits per heavy atom. The van der Waals surface area contributed by atoms with E-state index in [4.69, 9.17) is 24.7 Å². The number of halogens is 1. The fourth-order valence-corrected chi connectivity index (χ4v) is 2.80. The van der Waals surface area contributed by atoms with E-state index >= 15 is 0 Å². The number of rotatable bonds is 11. The van der Waals surface area contributed by atoms with Gasteiger partial charge in [0, 0.05) is 24.8 Å². The summed E-state index contributed by atoms with van der Waals surface area (Å²) in [6.07, 6.45) is 0. The number of hydrogen-bond acceptors (Lipinski definition) is 6. The van der Waals surface area contributed by atoms with Crippen LogP contribution in [-0.4, -0.2) is 49.9 Å². The van der Waals surface area contributed by atoms with E-state index in [-0.39, 0.29) is 12.4 Å². The second kappa shape index (κ2) is 12.1. The third-order valence-electron chi connectivity index (χ3n) is 4.22. The summed E-state index contributed by atoms with van der Waals surface area (Å²) < 4.78 is 23.8. The van der Waals surface area contributed by atoms with Crippen molar-refractivity contribution in [3.05, 3.63) is 54.6 Å².